The van der Waals surface area contributed by atoms with E-state index >= 15 is 0 Å². The van der Waals surface area contributed by atoms with Gasteiger partial charge in [-0.05, 0) is 50.1 Å². The Morgan fingerprint density at radius 3 is 2.66 bits per heavy atom. The number of hydrogen-bond acceptors (Lipinski definition) is 6. The van der Waals surface area contributed by atoms with Gasteiger partial charge in [-0.3, -0.25) is 4.79 Å². The molecule has 4 rings (SSSR count). The van der Waals surface area contributed by atoms with E-state index < -0.39 is 5.25 Å². The summed E-state index contributed by atoms with van der Waals surface area (Å²) >= 11 is 1.41. The van der Waals surface area contributed by atoms with Gasteiger partial charge in [0.15, 0.2) is 0 Å². The molecule has 0 fully saturated rings. The normalized spacial score (nSPS) is 17.9. The zero-order valence-electron chi connectivity index (χ0n) is 16.5. The van der Waals surface area contributed by atoms with Gasteiger partial charge in [0.2, 0.25) is 11.1 Å². The average molecular weight is 410 g/mol. The van der Waals surface area contributed by atoms with Gasteiger partial charge in [-0.25, -0.2) is 4.68 Å². The second kappa shape index (κ2) is 8.16. The Hall–Kier alpha value is -3.00. The second-order valence-electron chi connectivity index (χ2n) is 6.82. The number of ether oxygens (including phenoxy) is 1. The van der Waals surface area contributed by atoms with Crippen molar-refractivity contribution in [3.05, 3.63) is 65.5 Å². The number of fused-ring (bicyclic) bond motifs is 1. The van der Waals surface area contributed by atoms with Gasteiger partial charge in [0, 0.05) is 5.69 Å². The van der Waals surface area contributed by atoms with E-state index in [1.54, 1.807) is 0 Å². The van der Waals surface area contributed by atoms with Crippen molar-refractivity contribution in [2.45, 2.75) is 37.2 Å². The van der Waals surface area contributed by atoms with Crippen LogP contribution in [0.5, 0.6) is 5.75 Å². The van der Waals surface area contributed by atoms with E-state index in [9.17, 15) is 4.79 Å². The molecule has 2 N–H and O–H groups in total. The molecule has 1 aliphatic rings. The Morgan fingerprint density at radius 2 is 1.93 bits per heavy atom. The molecule has 0 bridgehead atoms. The van der Waals surface area contributed by atoms with E-state index in [0.717, 1.165) is 28.4 Å². The van der Waals surface area contributed by atoms with Crippen LogP contribution in [0.15, 0.2) is 53.7 Å². The minimum Gasteiger partial charge on any atom is -0.494 e. The molecule has 7 nitrogen and oxygen atoms in total. The fourth-order valence-electron chi connectivity index (χ4n) is 3.27. The number of carbonyl (C=O) groups is 1. The number of amides is 1. The largest absolute Gasteiger partial charge is 0.494 e. The SMILES string of the molecule is CCOc1ccc([C@@H]2Nn3c(C)nnc3S[C@@H]2C(=O)Nc2ccccc2C)cc1. The van der Waals surface area contributed by atoms with Crippen LogP contribution in [0.4, 0.5) is 5.69 Å². The first-order valence-electron chi connectivity index (χ1n) is 9.51. The molecular weight excluding hydrogens is 386 g/mol. The number of thioether (sulfide) groups is 1. The number of aryl methyl sites for hydroxylation is 2. The Balaban J connectivity index is 1.65. The summed E-state index contributed by atoms with van der Waals surface area (Å²) in [6.07, 6.45) is 0. The predicted octanol–water partition coefficient (Wildman–Crippen LogP) is 3.69. The van der Waals surface area contributed by atoms with E-state index in [0.29, 0.717) is 11.8 Å². The Kier molecular flexibility index (Phi) is 5.44. The van der Waals surface area contributed by atoms with Crippen LogP contribution < -0.4 is 15.5 Å². The van der Waals surface area contributed by atoms with Crippen molar-refractivity contribution in [2.75, 3.05) is 17.3 Å². The number of hydrogen-bond donors (Lipinski definition) is 2. The number of benzene rings is 2. The summed E-state index contributed by atoms with van der Waals surface area (Å²) in [6.45, 7) is 6.43. The van der Waals surface area contributed by atoms with Crippen LogP contribution in [0.2, 0.25) is 0 Å². The molecular formula is C21H23N5O2S. The van der Waals surface area contributed by atoms with Crippen LogP contribution in [-0.4, -0.2) is 32.6 Å². The topological polar surface area (TPSA) is 81.1 Å². The van der Waals surface area contributed by atoms with Crippen molar-refractivity contribution in [2.24, 2.45) is 0 Å². The molecule has 29 heavy (non-hydrogen) atoms. The van der Waals surface area contributed by atoms with Gasteiger partial charge in [0.25, 0.3) is 0 Å². The number of anilines is 1. The quantitative estimate of drug-likeness (QED) is 0.669. The summed E-state index contributed by atoms with van der Waals surface area (Å²) in [5.74, 6) is 1.48. The van der Waals surface area contributed by atoms with Crippen molar-refractivity contribution < 1.29 is 9.53 Å². The first kappa shape index (κ1) is 19.3. The lowest BCUT2D eigenvalue weighted by Gasteiger charge is -2.33. The molecule has 0 radical (unpaired) electrons. The van der Waals surface area contributed by atoms with Crippen molar-refractivity contribution in [3.63, 3.8) is 0 Å². The summed E-state index contributed by atoms with van der Waals surface area (Å²) < 4.78 is 7.38. The molecule has 2 atom stereocenters. The van der Waals surface area contributed by atoms with Crippen LogP contribution in [0.25, 0.3) is 0 Å². The summed E-state index contributed by atoms with van der Waals surface area (Å²) in [7, 11) is 0. The maximum absolute atomic E-state index is 13.2. The zero-order chi connectivity index (χ0) is 20.4. The van der Waals surface area contributed by atoms with Crippen LogP contribution >= 0.6 is 11.8 Å². The third-order valence-electron chi connectivity index (χ3n) is 4.81. The second-order valence-corrected chi connectivity index (χ2v) is 7.93. The van der Waals surface area contributed by atoms with E-state index in [2.05, 4.69) is 20.9 Å². The number of nitrogens with one attached hydrogen (secondary N) is 2. The molecule has 2 heterocycles. The molecule has 0 saturated heterocycles. The molecule has 8 heteroatoms. The van der Waals surface area contributed by atoms with Crippen molar-refractivity contribution in [1.29, 1.82) is 0 Å². The smallest absolute Gasteiger partial charge is 0.240 e. The highest BCUT2D eigenvalue weighted by Crippen LogP contribution is 2.38. The predicted molar refractivity (Wildman–Crippen MR) is 114 cm³/mol. The number of rotatable bonds is 5. The number of aromatic nitrogens is 3. The summed E-state index contributed by atoms with van der Waals surface area (Å²) in [5.41, 5.74) is 6.24. The van der Waals surface area contributed by atoms with Gasteiger partial charge in [0.1, 0.15) is 16.8 Å². The maximum atomic E-state index is 13.2. The Labute approximate surface area is 173 Å². The highest BCUT2D eigenvalue weighted by molar-refractivity contribution is 8.00. The highest BCUT2D eigenvalue weighted by atomic mass is 32.2. The van der Waals surface area contributed by atoms with Gasteiger partial charge in [-0.1, -0.05) is 42.1 Å². The number of carbonyl (C=O) groups excluding carboxylic acids is 1. The van der Waals surface area contributed by atoms with Crippen LogP contribution in [0.1, 0.15) is 29.9 Å². The minimum absolute atomic E-state index is 0.0809. The molecule has 0 aliphatic carbocycles. The lowest BCUT2D eigenvalue weighted by Crippen LogP contribution is -2.41. The Bertz CT molecular complexity index is 1020. The fraction of sp³-hybridized carbons (Fsp3) is 0.286. The van der Waals surface area contributed by atoms with E-state index in [1.165, 1.54) is 11.8 Å². The van der Waals surface area contributed by atoms with Crippen LogP contribution in [0, 0.1) is 13.8 Å². The Morgan fingerprint density at radius 1 is 1.17 bits per heavy atom. The van der Waals surface area contributed by atoms with Crippen LogP contribution in [0.3, 0.4) is 0 Å². The molecule has 1 aliphatic heterocycles. The first-order chi connectivity index (χ1) is 14.1. The van der Waals surface area contributed by atoms with Crippen molar-refractivity contribution in [1.82, 2.24) is 14.9 Å². The summed E-state index contributed by atoms with van der Waals surface area (Å²) in [6, 6.07) is 15.3. The molecule has 1 amide bonds. The minimum atomic E-state index is -0.413. The van der Waals surface area contributed by atoms with Gasteiger partial charge < -0.3 is 15.5 Å². The third-order valence-corrected chi connectivity index (χ3v) is 6.03. The fourth-order valence-corrected chi connectivity index (χ4v) is 4.39. The first-order valence-corrected chi connectivity index (χ1v) is 10.4. The molecule has 0 saturated carbocycles. The van der Waals surface area contributed by atoms with Crippen LogP contribution in [-0.2, 0) is 4.79 Å². The van der Waals surface area contributed by atoms with Gasteiger partial charge in [-0.15, -0.1) is 10.2 Å². The van der Waals surface area contributed by atoms with E-state index in [4.69, 9.17) is 4.74 Å². The molecule has 1 aromatic heterocycles. The molecule has 2 aromatic carbocycles. The standard InChI is InChI=1S/C21H23N5O2S/c1-4-28-16-11-9-15(10-12-16)18-19(29-21-24-23-14(3)26(21)25-18)20(27)22-17-8-6-5-7-13(17)2/h5-12,18-19,25H,4H2,1-3H3,(H,22,27)/t18-,19-/m0/s1. The lowest BCUT2D eigenvalue weighted by molar-refractivity contribution is -0.116. The number of para-hydroxylation sites is 1. The van der Waals surface area contributed by atoms with Gasteiger partial charge in [0.05, 0.1) is 12.6 Å². The highest BCUT2D eigenvalue weighted by Gasteiger charge is 2.37. The van der Waals surface area contributed by atoms with Crippen molar-refractivity contribution >= 4 is 23.4 Å². The van der Waals surface area contributed by atoms with E-state index in [-0.39, 0.29) is 11.9 Å². The van der Waals surface area contributed by atoms with Gasteiger partial charge >= 0.3 is 0 Å². The van der Waals surface area contributed by atoms with Crippen molar-refractivity contribution in [3.8, 4) is 5.75 Å². The molecule has 0 spiro atoms. The molecule has 150 valence electrons. The average Bonchev–Trinajstić information content (AvgIpc) is 3.10. The lowest BCUT2D eigenvalue weighted by atomic mass is 10.0. The molecule has 3 aromatic rings. The van der Waals surface area contributed by atoms with Gasteiger partial charge in [-0.2, -0.15) is 0 Å². The summed E-state index contributed by atoms with van der Waals surface area (Å²) in [5, 5.41) is 11.7. The monoisotopic (exact) mass is 409 g/mol. The van der Waals surface area contributed by atoms with E-state index in [1.807, 2.05) is 74.0 Å². The summed E-state index contributed by atoms with van der Waals surface area (Å²) in [4.78, 5) is 13.2. The maximum Gasteiger partial charge on any atom is 0.240 e. The molecule has 0 unspecified atom stereocenters. The zero-order valence-corrected chi connectivity index (χ0v) is 17.4. The number of nitrogens with zero attached hydrogens (tertiary/aromatic N) is 3. The third kappa shape index (κ3) is 3.93.